The van der Waals surface area contributed by atoms with Gasteiger partial charge in [0.2, 0.25) is 0 Å². The maximum Gasteiger partial charge on any atom is 0.134 e. The summed E-state index contributed by atoms with van der Waals surface area (Å²) in [5, 5.41) is 6.69. The minimum atomic E-state index is 0.729. The molecule has 0 aliphatic carbocycles. The van der Waals surface area contributed by atoms with E-state index in [0.29, 0.717) is 0 Å². The van der Waals surface area contributed by atoms with Gasteiger partial charge in [-0.15, -0.1) is 0 Å². The molecule has 0 aromatic carbocycles. The van der Waals surface area contributed by atoms with Gasteiger partial charge in [0.15, 0.2) is 0 Å². The minimum Gasteiger partial charge on any atom is -0.373 e. The number of rotatable bonds is 9. The summed E-state index contributed by atoms with van der Waals surface area (Å²) in [6, 6.07) is 0. The average molecular weight is 278 g/mol. The van der Waals surface area contributed by atoms with E-state index in [2.05, 4.69) is 48.3 Å². The quantitative estimate of drug-likeness (QED) is 0.716. The monoisotopic (exact) mass is 278 g/mol. The van der Waals surface area contributed by atoms with Crippen LogP contribution in [0.3, 0.4) is 0 Å². The molecule has 4 nitrogen and oxygen atoms in total. The van der Waals surface area contributed by atoms with Gasteiger partial charge in [0.05, 0.1) is 0 Å². The van der Waals surface area contributed by atoms with E-state index >= 15 is 0 Å². The smallest absolute Gasteiger partial charge is 0.134 e. The minimum absolute atomic E-state index is 0.729. The highest BCUT2D eigenvalue weighted by atomic mass is 15.1. The Morgan fingerprint density at radius 2 is 1.80 bits per heavy atom. The van der Waals surface area contributed by atoms with Crippen LogP contribution in [0.1, 0.15) is 57.8 Å². The Balaban J connectivity index is 2.75. The predicted octanol–water partition coefficient (Wildman–Crippen LogP) is 4.02. The molecule has 2 N–H and O–H groups in total. The first-order chi connectivity index (χ1) is 9.65. The normalized spacial score (nSPS) is 12.2. The topological polar surface area (TPSA) is 49.8 Å². The highest BCUT2D eigenvalue weighted by Crippen LogP contribution is 2.21. The van der Waals surface area contributed by atoms with Gasteiger partial charge < -0.3 is 10.6 Å². The zero-order valence-corrected chi connectivity index (χ0v) is 13.7. The summed E-state index contributed by atoms with van der Waals surface area (Å²) in [7, 11) is 1.91. The van der Waals surface area contributed by atoms with Crippen LogP contribution in [0.15, 0.2) is 0 Å². The van der Waals surface area contributed by atoms with E-state index in [4.69, 9.17) is 0 Å². The molecule has 0 fully saturated rings. The van der Waals surface area contributed by atoms with Crippen LogP contribution in [0.4, 0.5) is 11.6 Å². The van der Waals surface area contributed by atoms with E-state index in [-0.39, 0.29) is 0 Å². The number of unbranched alkanes of at least 4 members (excludes halogenated alkanes) is 1. The predicted molar refractivity (Wildman–Crippen MR) is 87.5 cm³/mol. The van der Waals surface area contributed by atoms with Gasteiger partial charge in [0, 0.05) is 25.6 Å². The SMILES string of the molecule is CCCCC(CC)CNc1nc(CC)nc(NC)c1C. The third-order valence-corrected chi connectivity index (χ3v) is 3.85. The molecule has 0 bridgehead atoms. The molecule has 20 heavy (non-hydrogen) atoms. The highest BCUT2D eigenvalue weighted by Gasteiger charge is 2.11. The molecular formula is C16H30N4. The van der Waals surface area contributed by atoms with Crippen molar-refractivity contribution >= 4 is 11.6 Å². The van der Waals surface area contributed by atoms with Crippen molar-refractivity contribution in [3.63, 3.8) is 0 Å². The lowest BCUT2D eigenvalue weighted by Crippen LogP contribution is -2.16. The molecule has 0 aliphatic rings. The molecule has 4 heteroatoms. The lowest BCUT2D eigenvalue weighted by Gasteiger charge is -2.18. The Hall–Kier alpha value is -1.32. The van der Waals surface area contributed by atoms with Crippen LogP contribution in [0, 0.1) is 12.8 Å². The second kappa shape index (κ2) is 8.77. The number of aryl methyl sites for hydroxylation is 1. The van der Waals surface area contributed by atoms with Crippen LogP contribution in [-0.2, 0) is 6.42 Å². The van der Waals surface area contributed by atoms with E-state index < -0.39 is 0 Å². The number of nitrogens with one attached hydrogen (secondary N) is 2. The van der Waals surface area contributed by atoms with Crippen molar-refractivity contribution in [2.75, 3.05) is 24.2 Å². The first-order valence-electron chi connectivity index (χ1n) is 7.95. The molecule has 1 aromatic rings. The molecule has 1 unspecified atom stereocenters. The number of nitrogens with zero attached hydrogens (tertiary/aromatic N) is 2. The highest BCUT2D eigenvalue weighted by molar-refractivity contribution is 5.57. The second-order valence-corrected chi connectivity index (χ2v) is 5.36. The summed E-state index contributed by atoms with van der Waals surface area (Å²) >= 11 is 0. The Labute approximate surface area is 123 Å². The van der Waals surface area contributed by atoms with E-state index in [9.17, 15) is 0 Å². The fraction of sp³-hybridized carbons (Fsp3) is 0.750. The van der Waals surface area contributed by atoms with E-state index in [1.165, 1.54) is 25.7 Å². The van der Waals surface area contributed by atoms with Crippen LogP contribution in [0.5, 0.6) is 0 Å². The first kappa shape index (κ1) is 16.7. The van der Waals surface area contributed by atoms with E-state index in [1.54, 1.807) is 0 Å². The van der Waals surface area contributed by atoms with Crippen molar-refractivity contribution in [3.05, 3.63) is 11.4 Å². The molecule has 114 valence electrons. The van der Waals surface area contributed by atoms with E-state index in [0.717, 1.165) is 41.9 Å². The van der Waals surface area contributed by atoms with Gasteiger partial charge >= 0.3 is 0 Å². The maximum absolute atomic E-state index is 4.62. The third-order valence-electron chi connectivity index (χ3n) is 3.85. The van der Waals surface area contributed by atoms with Crippen molar-refractivity contribution in [1.29, 1.82) is 0 Å². The van der Waals surface area contributed by atoms with Gasteiger partial charge in [-0.3, -0.25) is 0 Å². The molecule has 0 spiro atoms. The van der Waals surface area contributed by atoms with Crippen molar-refractivity contribution in [2.45, 2.75) is 59.8 Å². The lowest BCUT2D eigenvalue weighted by atomic mass is 9.99. The summed E-state index contributed by atoms with van der Waals surface area (Å²) < 4.78 is 0. The van der Waals surface area contributed by atoms with Gasteiger partial charge in [-0.2, -0.15) is 0 Å². The zero-order chi connectivity index (χ0) is 15.0. The molecule has 1 atom stereocenters. The van der Waals surface area contributed by atoms with Crippen molar-refractivity contribution in [2.24, 2.45) is 5.92 Å². The van der Waals surface area contributed by atoms with E-state index in [1.807, 2.05) is 7.05 Å². The number of hydrogen-bond acceptors (Lipinski definition) is 4. The zero-order valence-electron chi connectivity index (χ0n) is 13.7. The Kier molecular flexibility index (Phi) is 7.34. The molecule has 0 amide bonds. The van der Waals surface area contributed by atoms with Crippen LogP contribution < -0.4 is 10.6 Å². The standard InChI is InChI=1S/C16H30N4/c1-6-9-10-13(7-2)11-18-16-12(4)15(17-5)19-14(8-3)20-16/h13H,6-11H2,1-5H3,(H2,17,18,19,20). The maximum atomic E-state index is 4.62. The van der Waals surface area contributed by atoms with Crippen LogP contribution in [0.25, 0.3) is 0 Å². The summed E-state index contributed by atoms with van der Waals surface area (Å²) in [5.74, 6) is 3.54. The molecule has 0 radical (unpaired) electrons. The van der Waals surface area contributed by atoms with Gasteiger partial charge in [0.1, 0.15) is 17.5 Å². The molecule has 1 aromatic heterocycles. The molecule has 0 saturated carbocycles. The molecule has 1 rings (SSSR count). The number of aromatic nitrogens is 2. The van der Waals surface area contributed by atoms with Gasteiger partial charge in [-0.25, -0.2) is 9.97 Å². The second-order valence-electron chi connectivity index (χ2n) is 5.36. The number of anilines is 2. The summed E-state index contributed by atoms with van der Waals surface area (Å²) in [6.45, 7) is 9.68. The molecule has 0 saturated heterocycles. The third kappa shape index (κ3) is 4.66. The van der Waals surface area contributed by atoms with Crippen molar-refractivity contribution in [1.82, 2.24) is 9.97 Å². The molecule has 0 aliphatic heterocycles. The Morgan fingerprint density at radius 3 is 2.35 bits per heavy atom. The first-order valence-corrected chi connectivity index (χ1v) is 7.95. The fourth-order valence-corrected chi connectivity index (χ4v) is 2.32. The summed E-state index contributed by atoms with van der Waals surface area (Å²) in [4.78, 5) is 9.13. The lowest BCUT2D eigenvalue weighted by molar-refractivity contribution is 0.472. The van der Waals surface area contributed by atoms with Gasteiger partial charge in [-0.05, 0) is 19.3 Å². The largest absolute Gasteiger partial charge is 0.373 e. The van der Waals surface area contributed by atoms with Crippen molar-refractivity contribution in [3.8, 4) is 0 Å². The average Bonchev–Trinajstić information content (AvgIpc) is 2.48. The molecule has 1 heterocycles. The van der Waals surface area contributed by atoms with Gasteiger partial charge in [-0.1, -0.05) is 40.0 Å². The van der Waals surface area contributed by atoms with Crippen LogP contribution in [-0.4, -0.2) is 23.6 Å². The number of hydrogen-bond donors (Lipinski definition) is 2. The Bertz CT molecular complexity index is 404. The Morgan fingerprint density at radius 1 is 1.10 bits per heavy atom. The fourth-order valence-electron chi connectivity index (χ4n) is 2.32. The van der Waals surface area contributed by atoms with Crippen molar-refractivity contribution < 1.29 is 0 Å². The summed E-state index contributed by atoms with van der Waals surface area (Å²) in [5.41, 5.74) is 1.11. The van der Waals surface area contributed by atoms with Crippen LogP contribution in [0.2, 0.25) is 0 Å². The van der Waals surface area contributed by atoms with Crippen LogP contribution >= 0.6 is 0 Å². The molecular weight excluding hydrogens is 248 g/mol. The summed E-state index contributed by atoms with van der Waals surface area (Å²) in [6.07, 6.45) is 5.95. The van der Waals surface area contributed by atoms with Gasteiger partial charge in [0.25, 0.3) is 0 Å².